The molecule has 1 aromatic rings. The third kappa shape index (κ3) is 5.07. The van der Waals surface area contributed by atoms with Crippen molar-refractivity contribution < 1.29 is 84.1 Å². The number of rotatable bonds is 12. The number of para-hydroxylation sites is 1. The highest BCUT2D eigenvalue weighted by atomic mass is 19.4. The van der Waals surface area contributed by atoms with Gasteiger partial charge in [-0.15, -0.1) is 0 Å². The van der Waals surface area contributed by atoms with Crippen LogP contribution in [0.15, 0.2) is 24.3 Å². The van der Waals surface area contributed by atoms with E-state index in [9.17, 15) is 74.6 Å². The summed E-state index contributed by atoms with van der Waals surface area (Å²) in [6.07, 6.45) is -10.6. The van der Waals surface area contributed by atoms with Crippen molar-refractivity contribution in [2.75, 3.05) is 13.7 Å². The molecular formula is C20H17F17O2. The molecule has 0 amide bonds. The average molecular weight is 612 g/mol. The van der Waals surface area contributed by atoms with Gasteiger partial charge in [-0.1, -0.05) is 18.2 Å². The lowest BCUT2D eigenvalue weighted by atomic mass is 9.83. The molecule has 1 rings (SSSR count). The fourth-order valence-electron chi connectivity index (χ4n) is 3.19. The molecule has 0 radical (unpaired) electrons. The van der Waals surface area contributed by atoms with Gasteiger partial charge in [0.1, 0.15) is 5.75 Å². The third-order valence-electron chi connectivity index (χ3n) is 5.55. The van der Waals surface area contributed by atoms with Crippen LogP contribution in [0.5, 0.6) is 5.75 Å². The minimum absolute atomic E-state index is 0.209. The maximum Gasteiger partial charge on any atom is 0.460 e. The van der Waals surface area contributed by atoms with Crippen molar-refractivity contribution in [1.29, 1.82) is 0 Å². The Kier molecular flexibility index (Phi) is 8.93. The van der Waals surface area contributed by atoms with Gasteiger partial charge in [0.05, 0.1) is 18.6 Å². The molecular weight excluding hydrogens is 595 g/mol. The van der Waals surface area contributed by atoms with Crippen molar-refractivity contribution in [3.8, 4) is 5.75 Å². The maximum absolute atomic E-state index is 14.6. The monoisotopic (exact) mass is 612 g/mol. The quantitative estimate of drug-likeness (QED) is 0.221. The van der Waals surface area contributed by atoms with Crippen molar-refractivity contribution in [2.45, 2.75) is 73.5 Å². The Labute approximate surface area is 208 Å². The summed E-state index contributed by atoms with van der Waals surface area (Å²) < 4.78 is 240. The predicted octanol–water partition coefficient (Wildman–Crippen LogP) is 8.35. The molecule has 0 bridgehead atoms. The molecule has 228 valence electrons. The summed E-state index contributed by atoms with van der Waals surface area (Å²) in [6, 6.07) is 4.13. The number of benzene rings is 1. The van der Waals surface area contributed by atoms with E-state index in [1.807, 2.05) is 0 Å². The summed E-state index contributed by atoms with van der Waals surface area (Å²) in [4.78, 5) is 0. The molecule has 0 fully saturated rings. The lowest BCUT2D eigenvalue weighted by Crippen LogP contribution is -2.74. The fraction of sp³-hybridized carbons (Fsp3) is 0.700. The van der Waals surface area contributed by atoms with Gasteiger partial charge in [0, 0.05) is 12.7 Å². The molecule has 0 aliphatic rings. The number of hydrogen-bond acceptors (Lipinski definition) is 2. The average Bonchev–Trinajstić information content (AvgIpc) is 2.77. The molecule has 0 saturated carbocycles. The molecule has 0 aliphatic heterocycles. The van der Waals surface area contributed by atoms with Gasteiger partial charge in [-0.05, 0) is 19.9 Å². The number of hydrogen-bond donors (Lipinski definition) is 0. The number of halogens is 17. The Hall–Kier alpha value is -2.21. The lowest BCUT2D eigenvalue weighted by molar-refractivity contribution is -0.462. The molecule has 0 saturated heterocycles. The maximum atomic E-state index is 14.6. The zero-order valence-corrected chi connectivity index (χ0v) is 19.5. The first-order chi connectivity index (χ1) is 17.1. The Morgan fingerprint density at radius 3 is 1.36 bits per heavy atom. The first kappa shape index (κ1) is 34.8. The topological polar surface area (TPSA) is 18.5 Å². The summed E-state index contributed by atoms with van der Waals surface area (Å²) in [5.74, 6) is -57.2. The number of methoxy groups -OCH3 is 1. The normalized spacial score (nSPS) is 16.7. The number of ether oxygens (including phenoxy) is 2. The van der Waals surface area contributed by atoms with E-state index in [4.69, 9.17) is 4.74 Å². The van der Waals surface area contributed by atoms with Crippen LogP contribution in [0.3, 0.4) is 0 Å². The Bertz CT molecular complexity index is 1000. The second-order valence-electron chi connectivity index (χ2n) is 8.19. The molecule has 0 spiro atoms. The van der Waals surface area contributed by atoms with E-state index >= 15 is 0 Å². The first-order valence-corrected chi connectivity index (χ1v) is 10.1. The van der Waals surface area contributed by atoms with E-state index in [-0.39, 0.29) is 6.61 Å². The van der Waals surface area contributed by atoms with Crippen molar-refractivity contribution in [3.63, 3.8) is 0 Å². The van der Waals surface area contributed by atoms with E-state index in [0.717, 1.165) is 18.2 Å². The van der Waals surface area contributed by atoms with Gasteiger partial charge >= 0.3 is 47.6 Å². The molecule has 19 heteroatoms. The minimum atomic E-state index is -8.67. The summed E-state index contributed by atoms with van der Waals surface area (Å²) >= 11 is 0. The van der Waals surface area contributed by atoms with E-state index in [1.165, 1.54) is 13.0 Å². The summed E-state index contributed by atoms with van der Waals surface area (Å²) in [5, 5.41) is 0. The van der Waals surface area contributed by atoms with E-state index in [0.29, 0.717) is 14.0 Å². The predicted molar refractivity (Wildman–Crippen MR) is 97.3 cm³/mol. The van der Waals surface area contributed by atoms with Crippen molar-refractivity contribution in [2.24, 2.45) is 0 Å². The molecule has 0 aliphatic carbocycles. The summed E-state index contributed by atoms with van der Waals surface area (Å²) in [5.41, 5.74) is -3.50. The van der Waals surface area contributed by atoms with Gasteiger partial charge in [-0.25, -0.2) is 0 Å². The summed E-state index contributed by atoms with van der Waals surface area (Å²) in [7, 11) is 0.525. The molecule has 0 aromatic heterocycles. The molecule has 0 N–H and O–H groups in total. The van der Waals surface area contributed by atoms with E-state index in [1.54, 1.807) is 0 Å². The highest BCUT2D eigenvalue weighted by Crippen LogP contribution is 2.64. The van der Waals surface area contributed by atoms with Gasteiger partial charge in [-0.3, -0.25) is 0 Å². The van der Waals surface area contributed by atoms with Crippen molar-refractivity contribution >= 4 is 0 Å². The smallest absolute Gasteiger partial charge is 0.460 e. The Balaban J connectivity index is 3.70. The molecule has 1 atom stereocenters. The molecule has 2 nitrogen and oxygen atoms in total. The zero-order valence-electron chi connectivity index (χ0n) is 19.5. The molecule has 1 unspecified atom stereocenters. The van der Waals surface area contributed by atoms with Gasteiger partial charge in [0.25, 0.3) is 0 Å². The molecule has 0 heterocycles. The first-order valence-electron chi connectivity index (χ1n) is 10.1. The van der Waals surface area contributed by atoms with Crippen LogP contribution in [0.2, 0.25) is 0 Å². The highest BCUT2D eigenvalue weighted by molar-refractivity contribution is 5.38. The van der Waals surface area contributed by atoms with Crippen LogP contribution in [0.25, 0.3) is 0 Å². The van der Waals surface area contributed by atoms with Crippen LogP contribution >= 0.6 is 0 Å². The van der Waals surface area contributed by atoms with Crippen LogP contribution in [-0.2, 0) is 10.3 Å². The van der Waals surface area contributed by atoms with Gasteiger partial charge in [-0.2, -0.15) is 74.6 Å². The highest BCUT2D eigenvalue weighted by Gasteiger charge is 2.95. The van der Waals surface area contributed by atoms with E-state index in [2.05, 4.69) is 4.74 Å². The zero-order chi connectivity index (χ0) is 31.3. The standard InChI is InChI=1S/C20H17F17O2/c1-4-39-11-8-6-5-7-10(11)12(2,38-3)9-13(21,22)14(23,24)15(25,26)16(27,28)17(29,30)18(31,32)19(33,34)20(35,36)37/h5-8H,4,9H2,1-3H3. The second kappa shape index (κ2) is 10.0. The van der Waals surface area contributed by atoms with Crippen molar-refractivity contribution in [1.82, 2.24) is 0 Å². The van der Waals surface area contributed by atoms with Gasteiger partial charge in [0.2, 0.25) is 0 Å². The van der Waals surface area contributed by atoms with Crippen LogP contribution < -0.4 is 4.74 Å². The lowest BCUT2D eigenvalue weighted by Gasteiger charge is -2.44. The van der Waals surface area contributed by atoms with E-state index < -0.39 is 71.0 Å². The fourth-order valence-corrected chi connectivity index (χ4v) is 3.19. The van der Waals surface area contributed by atoms with Crippen LogP contribution in [0.1, 0.15) is 25.8 Å². The Morgan fingerprint density at radius 2 is 0.974 bits per heavy atom. The van der Waals surface area contributed by atoms with Crippen molar-refractivity contribution in [3.05, 3.63) is 29.8 Å². The van der Waals surface area contributed by atoms with Gasteiger partial charge in [0.15, 0.2) is 0 Å². The molecule has 39 heavy (non-hydrogen) atoms. The van der Waals surface area contributed by atoms with Gasteiger partial charge < -0.3 is 9.47 Å². The minimum Gasteiger partial charge on any atom is -0.493 e. The van der Waals surface area contributed by atoms with Crippen LogP contribution in [-0.4, -0.2) is 61.4 Å². The second-order valence-corrected chi connectivity index (χ2v) is 8.19. The Morgan fingerprint density at radius 1 is 0.590 bits per heavy atom. The third-order valence-corrected chi connectivity index (χ3v) is 5.55. The van der Waals surface area contributed by atoms with Crippen LogP contribution in [0, 0.1) is 0 Å². The number of alkyl halides is 17. The van der Waals surface area contributed by atoms with Crippen LogP contribution in [0.4, 0.5) is 74.6 Å². The summed E-state index contributed by atoms with van der Waals surface area (Å²) in [6.45, 7) is 1.63. The SMILES string of the molecule is CCOc1ccccc1C(C)(CC(F)(F)C(F)(F)C(F)(F)C(F)(F)C(F)(F)C(F)(F)C(F)(F)C(F)(F)F)OC. The molecule has 1 aromatic carbocycles. The largest absolute Gasteiger partial charge is 0.493 e.